The third kappa shape index (κ3) is 3.68. The van der Waals surface area contributed by atoms with Crippen LogP contribution >= 0.6 is 0 Å². The largest absolute Gasteiger partial charge is 0.480 e. The minimum atomic E-state index is -1.14. The minimum absolute atomic E-state index is 0.0127. The summed E-state index contributed by atoms with van der Waals surface area (Å²) in [6.07, 6.45) is 4.26. The lowest BCUT2D eigenvalue weighted by Crippen LogP contribution is -2.44. The van der Waals surface area contributed by atoms with Crippen LogP contribution in [0, 0.1) is 18.3 Å². The maximum absolute atomic E-state index is 12.9. The van der Waals surface area contributed by atoms with Gasteiger partial charge in [0.2, 0.25) is 5.91 Å². The summed E-state index contributed by atoms with van der Waals surface area (Å²) in [5.74, 6) is 0.271. The normalized spacial score (nSPS) is 21.5. The summed E-state index contributed by atoms with van der Waals surface area (Å²) in [6.45, 7) is 3.63. The van der Waals surface area contributed by atoms with Crippen molar-refractivity contribution in [2.75, 3.05) is 13.2 Å². The molecule has 1 saturated heterocycles. The Morgan fingerprint density at radius 1 is 1.58 bits per heavy atom. The molecule has 1 fully saturated rings. The number of aromatic nitrogens is 1. The molecule has 1 unspecified atom stereocenters. The van der Waals surface area contributed by atoms with Crippen LogP contribution in [0.3, 0.4) is 0 Å². The fraction of sp³-hybridized carbons (Fsp3) is 0.562. The van der Waals surface area contributed by atoms with Gasteiger partial charge in [0.25, 0.3) is 5.88 Å². The molecule has 8 heteroatoms. The number of nitrogens with zero attached hydrogens (tertiary/aromatic N) is 2. The van der Waals surface area contributed by atoms with Crippen molar-refractivity contribution in [3.8, 4) is 18.2 Å². The van der Waals surface area contributed by atoms with Crippen LogP contribution in [0.1, 0.15) is 31.9 Å². The summed E-state index contributed by atoms with van der Waals surface area (Å²) in [6, 6.07) is 0.427. The Labute approximate surface area is 139 Å². The van der Waals surface area contributed by atoms with E-state index < -0.39 is 29.9 Å². The number of amides is 1. The molecule has 130 valence electrons. The standard InChI is InChI=1S/C16H20N2O6/c1-4-5-23-13-7-12(24-17-13)14(9(2)3)15(20)18-8-10(19)6-11(18)16(21)22/h1,7,9-11,14,19H,5-6,8H2,2-3H3,(H,21,22)/t10-,11+,14?/m1/s1. The van der Waals surface area contributed by atoms with Gasteiger partial charge in [0.1, 0.15) is 12.0 Å². The average molecular weight is 336 g/mol. The Morgan fingerprint density at radius 2 is 2.29 bits per heavy atom. The molecule has 0 radical (unpaired) electrons. The van der Waals surface area contributed by atoms with E-state index in [0.717, 1.165) is 0 Å². The molecule has 1 aliphatic heterocycles. The monoisotopic (exact) mass is 336 g/mol. The highest BCUT2D eigenvalue weighted by Crippen LogP contribution is 2.32. The van der Waals surface area contributed by atoms with E-state index in [0.29, 0.717) is 0 Å². The molecular formula is C16H20N2O6. The van der Waals surface area contributed by atoms with Gasteiger partial charge >= 0.3 is 5.97 Å². The van der Waals surface area contributed by atoms with Gasteiger partial charge in [-0.3, -0.25) is 4.79 Å². The number of aliphatic hydroxyl groups excluding tert-OH is 1. The third-order valence-corrected chi connectivity index (χ3v) is 3.90. The molecule has 1 amide bonds. The number of hydrogen-bond acceptors (Lipinski definition) is 6. The van der Waals surface area contributed by atoms with Crippen molar-refractivity contribution in [2.45, 2.75) is 38.3 Å². The first-order chi connectivity index (χ1) is 11.3. The molecule has 0 saturated carbocycles. The van der Waals surface area contributed by atoms with E-state index in [2.05, 4.69) is 11.1 Å². The fourth-order valence-electron chi connectivity index (χ4n) is 2.81. The Hall–Kier alpha value is -2.53. The molecule has 0 bridgehead atoms. The van der Waals surface area contributed by atoms with Crippen molar-refractivity contribution in [2.24, 2.45) is 5.92 Å². The van der Waals surface area contributed by atoms with E-state index >= 15 is 0 Å². The number of carboxylic acids is 1. The Bertz CT molecular complexity index is 647. The van der Waals surface area contributed by atoms with Crippen LogP contribution in [0.15, 0.2) is 10.6 Å². The molecule has 1 aromatic heterocycles. The van der Waals surface area contributed by atoms with Crippen LogP contribution in [0.2, 0.25) is 0 Å². The molecule has 1 aromatic rings. The summed E-state index contributed by atoms with van der Waals surface area (Å²) < 4.78 is 10.3. The molecule has 1 aliphatic rings. The predicted octanol–water partition coefficient (Wildman–Crippen LogP) is 0.473. The predicted molar refractivity (Wildman–Crippen MR) is 82.2 cm³/mol. The summed E-state index contributed by atoms with van der Waals surface area (Å²) >= 11 is 0. The zero-order valence-electron chi connectivity index (χ0n) is 13.5. The van der Waals surface area contributed by atoms with Crippen molar-refractivity contribution in [3.63, 3.8) is 0 Å². The van der Waals surface area contributed by atoms with Crippen molar-refractivity contribution < 1.29 is 29.1 Å². The Balaban J connectivity index is 2.24. The molecule has 0 spiro atoms. The smallest absolute Gasteiger partial charge is 0.326 e. The van der Waals surface area contributed by atoms with Gasteiger partial charge in [-0.15, -0.1) is 6.42 Å². The number of aliphatic carboxylic acids is 1. The van der Waals surface area contributed by atoms with Crippen molar-refractivity contribution in [1.29, 1.82) is 0 Å². The number of likely N-dealkylation sites (tertiary alicyclic amines) is 1. The van der Waals surface area contributed by atoms with E-state index in [1.54, 1.807) is 0 Å². The topological polar surface area (TPSA) is 113 Å². The zero-order chi connectivity index (χ0) is 17.9. The average Bonchev–Trinajstić information content (AvgIpc) is 3.11. The fourth-order valence-corrected chi connectivity index (χ4v) is 2.81. The van der Waals surface area contributed by atoms with Crippen molar-refractivity contribution in [1.82, 2.24) is 10.1 Å². The molecule has 2 N–H and O–H groups in total. The molecule has 8 nitrogen and oxygen atoms in total. The van der Waals surface area contributed by atoms with Crippen LogP contribution in [-0.2, 0) is 9.59 Å². The summed E-state index contributed by atoms with van der Waals surface area (Å²) in [5.41, 5.74) is 0. The number of terminal acetylenes is 1. The molecule has 0 aromatic carbocycles. The van der Waals surface area contributed by atoms with Crippen LogP contribution < -0.4 is 4.74 Å². The Kier molecular flexibility index (Phi) is 5.46. The second-order valence-electron chi connectivity index (χ2n) is 6.02. The van der Waals surface area contributed by atoms with Gasteiger partial charge in [0.05, 0.1) is 6.10 Å². The molecule has 24 heavy (non-hydrogen) atoms. The molecule has 3 atom stereocenters. The highest BCUT2D eigenvalue weighted by atomic mass is 16.5. The van der Waals surface area contributed by atoms with Gasteiger partial charge in [-0.2, -0.15) is 0 Å². The number of ether oxygens (including phenoxy) is 1. The van der Waals surface area contributed by atoms with Crippen LogP contribution in [0.4, 0.5) is 0 Å². The van der Waals surface area contributed by atoms with Gasteiger partial charge in [0, 0.05) is 19.0 Å². The second kappa shape index (κ2) is 7.36. The lowest BCUT2D eigenvalue weighted by atomic mass is 9.91. The van der Waals surface area contributed by atoms with Crippen molar-refractivity contribution in [3.05, 3.63) is 11.8 Å². The van der Waals surface area contributed by atoms with Crippen LogP contribution in [-0.4, -0.2) is 57.4 Å². The molecular weight excluding hydrogens is 316 g/mol. The first kappa shape index (κ1) is 17.8. The highest BCUT2D eigenvalue weighted by Gasteiger charge is 2.43. The van der Waals surface area contributed by atoms with E-state index in [4.69, 9.17) is 15.7 Å². The highest BCUT2D eigenvalue weighted by molar-refractivity contribution is 5.88. The van der Waals surface area contributed by atoms with Gasteiger partial charge in [-0.05, 0) is 11.1 Å². The van der Waals surface area contributed by atoms with E-state index in [9.17, 15) is 19.8 Å². The van der Waals surface area contributed by atoms with E-state index in [1.807, 2.05) is 13.8 Å². The lowest BCUT2D eigenvalue weighted by Gasteiger charge is -2.27. The first-order valence-corrected chi connectivity index (χ1v) is 7.59. The van der Waals surface area contributed by atoms with Crippen molar-refractivity contribution >= 4 is 11.9 Å². The maximum atomic E-state index is 12.9. The van der Waals surface area contributed by atoms with Gasteiger partial charge in [-0.1, -0.05) is 19.8 Å². The second-order valence-corrected chi connectivity index (χ2v) is 6.02. The first-order valence-electron chi connectivity index (χ1n) is 7.59. The number of carbonyl (C=O) groups excluding carboxylic acids is 1. The van der Waals surface area contributed by atoms with Crippen LogP contribution in [0.25, 0.3) is 0 Å². The lowest BCUT2D eigenvalue weighted by molar-refractivity contribution is -0.149. The number of aliphatic hydroxyl groups is 1. The Morgan fingerprint density at radius 3 is 2.88 bits per heavy atom. The quantitative estimate of drug-likeness (QED) is 0.726. The molecule has 2 rings (SSSR count). The van der Waals surface area contributed by atoms with E-state index in [1.165, 1.54) is 11.0 Å². The number of rotatable bonds is 6. The maximum Gasteiger partial charge on any atom is 0.326 e. The SMILES string of the molecule is C#CCOc1cc(C(C(=O)N2C[C@H](O)C[C@H]2C(=O)O)C(C)C)on1. The van der Waals surface area contributed by atoms with Crippen LogP contribution in [0.5, 0.6) is 5.88 Å². The molecule has 0 aliphatic carbocycles. The number of β-amino-alcohol motifs (C(OH)–C–C–N with tert-alkyl or cyclic N) is 1. The number of carbonyl (C=O) groups is 2. The molecule has 2 heterocycles. The summed E-state index contributed by atoms with van der Waals surface area (Å²) in [5, 5.41) is 22.7. The van der Waals surface area contributed by atoms with Gasteiger partial charge < -0.3 is 24.4 Å². The van der Waals surface area contributed by atoms with Gasteiger partial charge in [-0.25, -0.2) is 4.79 Å². The number of hydrogen-bond donors (Lipinski definition) is 2. The minimum Gasteiger partial charge on any atom is -0.480 e. The number of carboxylic acid groups (broad SMARTS) is 1. The third-order valence-electron chi connectivity index (χ3n) is 3.90. The summed E-state index contributed by atoms with van der Waals surface area (Å²) in [7, 11) is 0. The summed E-state index contributed by atoms with van der Waals surface area (Å²) in [4.78, 5) is 25.4. The zero-order valence-corrected chi connectivity index (χ0v) is 13.5. The van der Waals surface area contributed by atoms with E-state index in [-0.39, 0.29) is 37.1 Å². The van der Waals surface area contributed by atoms with Gasteiger partial charge in [0.15, 0.2) is 12.4 Å².